The van der Waals surface area contributed by atoms with Crippen LogP contribution in [0.5, 0.6) is 0 Å². The highest BCUT2D eigenvalue weighted by atomic mass is 32.1. The third-order valence-electron chi connectivity index (χ3n) is 3.03. The summed E-state index contributed by atoms with van der Waals surface area (Å²) in [4.78, 5) is 22.3. The van der Waals surface area contributed by atoms with E-state index in [4.69, 9.17) is 0 Å². The summed E-state index contributed by atoms with van der Waals surface area (Å²) in [5.41, 5.74) is 2.33. The molecule has 0 aliphatic heterocycles. The number of carbonyl (C=O) groups excluding carboxylic acids is 1. The number of amides is 1. The number of nitrogens with zero attached hydrogens (tertiary/aromatic N) is 1. The highest BCUT2D eigenvalue weighted by Crippen LogP contribution is 2.21. The third kappa shape index (κ3) is 3.42. The lowest BCUT2D eigenvalue weighted by Crippen LogP contribution is -2.24. The van der Waals surface area contributed by atoms with Crippen molar-refractivity contribution in [2.24, 2.45) is 0 Å². The van der Waals surface area contributed by atoms with Crippen molar-refractivity contribution in [3.63, 3.8) is 0 Å². The molecule has 0 unspecified atom stereocenters. The summed E-state index contributed by atoms with van der Waals surface area (Å²) in [6.45, 7) is 2.15. The second-order valence-electron chi connectivity index (χ2n) is 4.40. The van der Waals surface area contributed by atoms with Crippen molar-refractivity contribution < 1.29 is 9.72 Å². The van der Waals surface area contributed by atoms with E-state index >= 15 is 0 Å². The van der Waals surface area contributed by atoms with Gasteiger partial charge in [-0.2, -0.15) is 11.3 Å². The molecule has 0 aliphatic carbocycles. The van der Waals surface area contributed by atoms with Crippen LogP contribution in [-0.4, -0.2) is 10.8 Å². The van der Waals surface area contributed by atoms with Crippen LogP contribution >= 0.6 is 11.3 Å². The Morgan fingerprint density at radius 2 is 2.20 bits per heavy atom. The number of nitro benzene ring substituents is 1. The van der Waals surface area contributed by atoms with Crippen molar-refractivity contribution in [1.29, 1.82) is 0 Å². The standard InChI is InChI=1S/C14H14N2O3S/c1-10-12(3-2-4-13(10)16(18)19)7-14(17)15-8-11-5-6-20-9-11/h2-6,9H,7-8H2,1H3,(H,15,17). The van der Waals surface area contributed by atoms with E-state index in [0.717, 1.165) is 5.56 Å². The van der Waals surface area contributed by atoms with Crippen LogP contribution in [0, 0.1) is 17.0 Å². The number of rotatable bonds is 5. The van der Waals surface area contributed by atoms with E-state index in [2.05, 4.69) is 5.32 Å². The van der Waals surface area contributed by atoms with Crippen molar-refractivity contribution in [1.82, 2.24) is 5.32 Å². The van der Waals surface area contributed by atoms with Gasteiger partial charge in [-0.05, 0) is 34.9 Å². The van der Waals surface area contributed by atoms with Gasteiger partial charge in [-0.15, -0.1) is 0 Å². The van der Waals surface area contributed by atoms with Crippen LogP contribution in [-0.2, 0) is 17.8 Å². The van der Waals surface area contributed by atoms with Gasteiger partial charge in [-0.25, -0.2) is 0 Å². The van der Waals surface area contributed by atoms with Gasteiger partial charge in [0.25, 0.3) is 5.69 Å². The Kier molecular flexibility index (Phi) is 4.47. The van der Waals surface area contributed by atoms with Gasteiger partial charge in [0, 0.05) is 18.2 Å². The summed E-state index contributed by atoms with van der Waals surface area (Å²) < 4.78 is 0. The maximum absolute atomic E-state index is 11.9. The number of hydrogen-bond acceptors (Lipinski definition) is 4. The molecule has 0 spiro atoms. The molecule has 1 heterocycles. The molecule has 0 radical (unpaired) electrons. The van der Waals surface area contributed by atoms with Crippen LogP contribution in [0.25, 0.3) is 0 Å². The Balaban J connectivity index is 2.01. The fourth-order valence-corrected chi connectivity index (χ4v) is 2.56. The second kappa shape index (κ2) is 6.29. The zero-order valence-electron chi connectivity index (χ0n) is 11.0. The lowest BCUT2D eigenvalue weighted by molar-refractivity contribution is -0.385. The molecule has 20 heavy (non-hydrogen) atoms. The molecule has 1 amide bonds. The SMILES string of the molecule is Cc1c(CC(=O)NCc2ccsc2)cccc1[N+](=O)[O-]. The molecule has 6 heteroatoms. The Morgan fingerprint density at radius 3 is 2.85 bits per heavy atom. The zero-order valence-corrected chi connectivity index (χ0v) is 11.8. The zero-order chi connectivity index (χ0) is 14.5. The van der Waals surface area contributed by atoms with Gasteiger partial charge in [0.15, 0.2) is 0 Å². The third-order valence-corrected chi connectivity index (χ3v) is 3.77. The number of carbonyl (C=O) groups is 1. The summed E-state index contributed by atoms with van der Waals surface area (Å²) in [6, 6.07) is 6.74. The molecule has 0 aliphatic rings. The predicted molar refractivity (Wildman–Crippen MR) is 77.7 cm³/mol. The van der Waals surface area contributed by atoms with Crippen LogP contribution in [0.1, 0.15) is 16.7 Å². The number of thiophene rings is 1. The molecule has 1 aromatic carbocycles. The maximum Gasteiger partial charge on any atom is 0.272 e. The van der Waals surface area contributed by atoms with E-state index in [9.17, 15) is 14.9 Å². The quantitative estimate of drug-likeness (QED) is 0.680. The molecule has 1 N–H and O–H groups in total. The summed E-state index contributed by atoms with van der Waals surface area (Å²) in [5, 5.41) is 17.6. The van der Waals surface area contributed by atoms with Gasteiger partial charge in [0.1, 0.15) is 0 Å². The van der Waals surface area contributed by atoms with E-state index in [1.54, 1.807) is 30.4 Å². The molecular formula is C14H14N2O3S. The normalized spacial score (nSPS) is 10.2. The number of nitrogens with one attached hydrogen (secondary N) is 1. The molecule has 0 atom stereocenters. The fraction of sp³-hybridized carbons (Fsp3) is 0.214. The molecule has 1 aromatic heterocycles. The van der Waals surface area contributed by atoms with E-state index < -0.39 is 4.92 Å². The first-order valence-corrected chi connectivity index (χ1v) is 7.03. The van der Waals surface area contributed by atoms with Crippen molar-refractivity contribution in [3.8, 4) is 0 Å². The summed E-state index contributed by atoms with van der Waals surface area (Å²) >= 11 is 1.58. The summed E-state index contributed by atoms with van der Waals surface area (Å²) in [5.74, 6) is -0.139. The van der Waals surface area contributed by atoms with Crippen LogP contribution in [0.2, 0.25) is 0 Å². The van der Waals surface area contributed by atoms with Crippen molar-refractivity contribution in [3.05, 3.63) is 61.8 Å². The second-order valence-corrected chi connectivity index (χ2v) is 5.18. The highest BCUT2D eigenvalue weighted by Gasteiger charge is 2.15. The molecule has 0 saturated heterocycles. The van der Waals surface area contributed by atoms with Crippen LogP contribution < -0.4 is 5.32 Å². The largest absolute Gasteiger partial charge is 0.352 e. The molecule has 0 bridgehead atoms. The van der Waals surface area contributed by atoms with Gasteiger partial charge >= 0.3 is 0 Å². The van der Waals surface area contributed by atoms with Gasteiger partial charge in [0.05, 0.1) is 11.3 Å². The minimum atomic E-state index is -0.428. The predicted octanol–water partition coefficient (Wildman–Crippen LogP) is 2.82. The van der Waals surface area contributed by atoms with Crippen molar-refractivity contribution in [2.75, 3.05) is 0 Å². The van der Waals surface area contributed by atoms with Gasteiger partial charge in [0.2, 0.25) is 5.91 Å². The topological polar surface area (TPSA) is 72.2 Å². The van der Waals surface area contributed by atoms with E-state index in [1.165, 1.54) is 6.07 Å². The Hall–Kier alpha value is -2.21. The van der Waals surface area contributed by atoms with Gasteiger partial charge in [-0.3, -0.25) is 14.9 Å². The van der Waals surface area contributed by atoms with Gasteiger partial charge < -0.3 is 5.32 Å². The molecule has 2 aromatic rings. The van der Waals surface area contributed by atoms with Crippen molar-refractivity contribution in [2.45, 2.75) is 19.9 Å². The van der Waals surface area contributed by atoms with Crippen molar-refractivity contribution >= 4 is 22.9 Å². The first-order valence-electron chi connectivity index (χ1n) is 6.08. The average Bonchev–Trinajstić information content (AvgIpc) is 2.91. The Morgan fingerprint density at radius 1 is 1.40 bits per heavy atom. The summed E-state index contributed by atoms with van der Waals surface area (Å²) in [7, 11) is 0. The Bertz CT molecular complexity index is 623. The molecule has 0 fully saturated rings. The number of nitro groups is 1. The minimum absolute atomic E-state index is 0.0492. The first-order chi connectivity index (χ1) is 9.58. The molecule has 5 nitrogen and oxygen atoms in total. The molecule has 104 valence electrons. The van der Waals surface area contributed by atoms with Crippen LogP contribution in [0.3, 0.4) is 0 Å². The smallest absolute Gasteiger partial charge is 0.272 e. The minimum Gasteiger partial charge on any atom is -0.352 e. The Labute approximate surface area is 120 Å². The number of hydrogen-bond donors (Lipinski definition) is 1. The van der Waals surface area contributed by atoms with Crippen LogP contribution in [0.4, 0.5) is 5.69 Å². The summed E-state index contributed by atoms with van der Waals surface area (Å²) in [6.07, 6.45) is 0.150. The highest BCUT2D eigenvalue weighted by molar-refractivity contribution is 7.07. The first kappa shape index (κ1) is 14.2. The lowest BCUT2D eigenvalue weighted by atomic mass is 10.0. The average molecular weight is 290 g/mol. The molecule has 0 saturated carbocycles. The van der Waals surface area contributed by atoms with E-state index in [1.807, 2.05) is 16.8 Å². The molecular weight excluding hydrogens is 276 g/mol. The van der Waals surface area contributed by atoms with Crippen LogP contribution in [0.15, 0.2) is 35.0 Å². The molecule has 2 rings (SSSR count). The monoisotopic (exact) mass is 290 g/mol. The maximum atomic E-state index is 11.9. The van der Waals surface area contributed by atoms with E-state index in [-0.39, 0.29) is 18.0 Å². The fourth-order valence-electron chi connectivity index (χ4n) is 1.89. The van der Waals surface area contributed by atoms with E-state index in [0.29, 0.717) is 17.7 Å². The lowest BCUT2D eigenvalue weighted by Gasteiger charge is -2.07. The van der Waals surface area contributed by atoms with Gasteiger partial charge in [-0.1, -0.05) is 12.1 Å². The number of benzene rings is 1.